The third-order valence-electron chi connectivity index (χ3n) is 7.48. The number of Topliss-reactive ketones (excluding diaryl/α,β-unsaturated/α-hetero) is 1. The van der Waals surface area contributed by atoms with Gasteiger partial charge in [0, 0.05) is 30.8 Å². The number of para-hydroxylation sites is 1. The molecule has 0 radical (unpaired) electrons. The smallest absolute Gasteiger partial charge is 0.296 e. The molecular formula is C28H28N2O7. The van der Waals surface area contributed by atoms with E-state index in [9.17, 15) is 19.5 Å². The van der Waals surface area contributed by atoms with Crippen molar-refractivity contribution in [2.75, 3.05) is 37.8 Å². The second-order valence-corrected chi connectivity index (χ2v) is 9.65. The number of nitrogens with zero attached hydrogens (tertiary/aromatic N) is 2. The number of aliphatic hydroxyl groups is 1. The summed E-state index contributed by atoms with van der Waals surface area (Å²) in [6.45, 7) is 3.76. The van der Waals surface area contributed by atoms with Crippen molar-refractivity contribution in [3.8, 4) is 11.5 Å². The molecule has 2 aromatic carbocycles. The second-order valence-electron chi connectivity index (χ2n) is 9.65. The van der Waals surface area contributed by atoms with Gasteiger partial charge in [-0.05, 0) is 43.5 Å². The van der Waals surface area contributed by atoms with Gasteiger partial charge >= 0.3 is 0 Å². The Labute approximate surface area is 214 Å². The summed E-state index contributed by atoms with van der Waals surface area (Å²) in [5, 5.41) is 11.7. The lowest BCUT2D eigenvalue weighted by atomic mass is 9.81. The fourth-order valence-electron chi connectivity index (χ4n) is 5.89. The van der Waals surface area contributed by atoms with E-state index in [0.717, 1.165) is 12.8 Å². The van der Waals surface area contributed by atoms with Gasteiger partial charge in [-0.3, -0.25) is 14.4 Å². The largest absolute Gasteiger partial charge is 0.507 e. The van der Waals surface area contributed by atoms with Gasteiger partial charge in [-0.1, -0.05) is 25.1 Å². The van der Waals surface area contributed by atoms with Gasteiger partial charge in [-0.2, -0.15) is 0 Å². The number of amides is 2. The standard InChI is InChI=1S/C28H28N2O7/c1-2-11-29-20-8-4-3-7-19(20)28(27(29)34)23(25(32)26(33)30(28)16-18-6-5-12-35-18)24(31)17-9-10-21-22(15-17)37-14-13-36-21/h3-4,7-10,15,18,31H,2,5-6,11-14,16H2,1H3/b24-23-. The highest BCUT2D eigenvalue weighted by Gasteiger charge is 2.67. The summed E-state index contributed by atoms with van der Waals surface area (Å²) in [4.78, 5) is 44.6. The number of carbonyl (C=O) groups is 3. The van der Waals surface area contributed by atoms with Crippen molar-refractivity contribution in [1.29, 1.82) is 0 Å². The van der Waals surface area contributed by atoms with Gasteiger partial charge in [0.15, 0.2) is 17.0 Å². The van der Waals surface area contributed by atoms with Gasteiger partial charge in [0.1, 0.15) is 19.0 Å². The van der Waals surface area contributed by atoms with Crippen LogP contribution in [0.5, 0.6) is 11.5 Å². The lowest BCUT2D eigenvalue weighted by molar-refractivity contribution is -0.145. The summed E-state index contributed by atoms with van der Waals surface area (Å²) in [6, 6.07) is 12.0. The Kier molecular flexibility index (Phi) is 5.67. The first-order valence-corrected chi connectivity index (χ1v) is 12.7. The number of fused-ring (bicyclic) bond motifs is 3. The minimum atomic E-state index is -1.79. The molecule has 9 nitrogen and oxygen atoms in total. The molecule has 4 aliphatic heterocycles. The molecule has 192 valence electrons. The second kappa shape index (κ2) is 8.92. The summed E-state index contributed by atoms with van der Waals surface area (Å²) in [7, 11) is 0. The van der Waals surface area contributed by atoms with Crippen LogP contribution in [-0.4, -0.2) is 66.6 Å². The maximum absolute atomic E-state index is 14.4. The molecule has 2 fully saturated rings. The number of aliphatic hydroxyl groups excluding tert-OH is 1. The topological polar surface area (TPSA) is 106 Å². The third kappa shape index (κ3) is 3.37. The lowest BCUT2D eigenvalue weighted by Gasteiger charge is -2.35. The zero-order chi connectivity index (χ0) is 25.7. The minimum Gasteiger partial charge on any atom is -0.507 e. The van der Waals surface area contributed by atoms with E-state index in [0.29, 0.717) is 55.5 Å². The molecule has 1 spiro atoms. The Morgan fingerprint density at radius 2 is 1.84 bits per heavy atom. The molecule has 0 aromatic heterocycles. The Morgan fingerprint density at radius 1 is 1.05 bits per heavy atom. The van der Waals surface area contributed by atoms with E-state index in [1.165, 1.54) is 4.90 Å². The quantitative estimate of drug-likeness (QED) is 0.379. The Bertz CT molecular complexity index is 1330. The molecule has 2 aromatic rings. The molecule has 4 heterocycles. The van der Waals surface area contributed by atoms with Gasteiger partial charge < -0.3 is 29.1 Å². The summed E-state index contributed by atoms with van der Waals surface area (Å²) in [6.07, 6.45) is 1.93. The van der Waals surface area contributed by atoms with Crippen LogP contribution in [0.2, 0.25) is 0 Å². The number of carbonyl (C=O) groups excluding carboxylic acids is 3. The predicted molar refractivity (Wildman–Crippen MR) is 133 cm³/mol. The van der Waals surface area contributed by atoms with Gasteiger partial charge in [0.25, 0.3) is 17.6 Å². The van der Waals surface area contributed by atoms with Crippen LogP contribution in [0.4, 0.5) is 5.69 Å². The van der Waals surface area contributed by atoms with Crippen molar-refractivity contribution in [2.24, 2.45) is 0 Å². The van der Waals surface area contributed by atoms with E-state index >= 15 is 0 Å². The van der Waals surface area contributed by atoms with Crippen molar-refractivity contribution in [1.82, 2.24) is 4.90 Å². The van der Waals surface area contributed by atoms with Gasteiger partial charge in [0.2, 0.25) is 0 Å². The van der Waals surface area contributed by atoms with Crippen LogP contribution in [-0.2, 0) is 24.7 Å². The van der Waals surface area contributed by atoms with E-state index in [4.69, 9.17) is 14.2 Å². The molecular weight excluding hydrogens is 476 g/mol. The van der Waals surface area contributed by atoms with Crippen LogP contribution in [0.25, 0.3) is 5.76 Å². The van der Waals surface area contributed by atoms with Crippen LogP contribution >= 0.6 is 0 Å². The number of benzene rings is 2. The summed E-state index contributed by atoms with van der Waals surface area (Å²) in [5.41, 5.74) is -0.629. The number of anilines is 1. The number of rotatable bonds is 5. The summed E-state index contributed by atoms with van der Waals surface area (Å²) in [5.74, 6) is -1.63. The molecule has 6 rings (SSSR count). The van der Waals surface area contributed by atoms with Crippen molar-refractivity contribution in [3.05, 3.63) is 59.2 Å². The first-order chi connectivity index (χ1) is 18.0. The fourth-order valence-corrected chi connectivity index (χ4v) is 5.89. The molecule has 2 saturated heterocycles. The normalized spacial score (nSPS) is 25.9. The zero-order valence-corrected chi connectivity index (χ0v) is 20.6. The van der Waals surface area contributed by atoms with Crippen molar-refractivity contribution in [3.63, 3.8) is 0 Å². The maximum atomic E-state index is 14.4. The van der Waals surface area contributed by atoms with E-state index in [-0.39, 0.29) is 23.8 Å². The molecule has 9 heteroatoms. The van der Waals surface area contributed by atoms with Gasteiger partial charge in [0.05, 0.1) is 17.4 Å². The van der Waals surface area contributed by atoms with E-state index in [1.54, 1.807) is 35.2 Å². The van der Waals surface area contributed by atoms with Crippen LogP contribution in [0, 0.1) is 0 Å². The first kappa shape index (κ1) is 23.5. The molecule has 1 N–H and O–H groups in total. The Morgan fingerprint density at radius 3 is 2.59 bits per heavy atom. The van der Waals surface area contributed by atoms with Gasteiger partial charge in [-0.15, -0.1) is 0 Å². The Balaban J connectivity index is 1.59. The highest BCUT2D eigenvalue weighted by atomic mass is 16.6. The third-order valence-corrected chi connectivity index (χ3v) is 7.48. The van der Waals surface area contributed by atoms with Crippen LogP contribution in [0.15, 0.2) is 48.0 Å². The van der Waals surface area contributed by atoms with Crippen molar-refractivity contribution >= 4 is 29.0 Å². The van der Waals surface area contributed by atoms with Crippen molar-refractivity contribution in [2.45, 2.75) is 37.8 Å². The summed E-state index contributed by atoms with van der Waals surface area (Å²) >= 11 is 0. The summed E-state index contributed by atoms with van der Waals surface area (Å²) < 4.78 is 17.1. The van der Waals surface area contributed by atoms with Crippen molar-refractivity contribution < 1.29 is 33.7 Å². The molecule has 0 aliphatic carbocycles. The number of ketones is 1. The van der Waals surface area contributed by atoms with Crippen LogP contribution in [0.1, 0.15) is 37.3 Å². The van der Waals surface area contributed by atoms with Crippen LogP contribution in [0.3, 0.4) is 0 Å². The van der Waals surface area contributed by atoms with E-state index in [2.05, 4.69) is 0 Å². The zero-order valence-electron chi connectivity index (χ0n) is 20.6. The molecule has 0 saturated carbocycles. The Hall–Kier alpha value is -3.85. The maximum Gasteiger partial charge on any atom is 0.296 e. The predicted octanol–water partition coefficient (Wildman–Crippen LogP) is 2.97. The molecule has 2 amide bonds. The average Bonchev–Trinajstić information content (AvgIpc) is 3.58. The van der Waals surface area contributed by atoms with E-state index < -0.39 is 28.9 Å². The SMILES string of the molecule is CCCN1C(=O)C2(/C(=C(\O)c3ccc4c(c3)OCCO4)C(=O)C(=O)N2CC2CCCO2)c2ccccc21. The molecule has 2 unspecified atom stereocenters. The molecule has 0 bridgehead atoms. The number of hydrogen-bond donors (Lipinski definition) is 1. The molecule has 37 heavy (non-hydrogen) atoms. The van der Waals surface area contributed by atoms with E-state index in [1.807, 2.05) is 19.1 Å². The highest BCUT2D eigenvalue weighted by molar-refractivity contribution is 6.50. The average molecular weight is 505 g/mol. The van der Waals surface area contributed by atoms with Gasteiger partial charge in [-0.25, -0.2) is 0 Å². The lowest BCUT2D eigenvalue weighted by Crippen LogP contribution is -2.53. The first-order valence-electron chi connectivity index (χ1n) is 12.7. The number of likely N-dealkylation sites (tertiary alicyclic amines) is 1. The highest BCUT2D eigenvalue weighted by Crippen LogP contribution is 2.54. The number of hydrogen-bond acceptors (Lipinski definition) is 7. The fraction of sp³-hybridized carbons (Fsp3) is 0.393. The molecule has 4 aliphatic rings. The van der Waals surface area contributed by atoms with Crippen LogP contribution < -0.4 is 14.4 Å². The number of ether oxygens (including phenoxy) is 3. The monoisotopic (exact) mass is 504 g/mol. The minimum absolute atomic E-state index is 0.0720. The molecule has 2 atom stereocenters.